The Morgan fingerprint density at radius 2 is 2.00 bits per heavy atom. The standard InChI is InChI=1S/C13H22N2O3/c1-7(2)12-11(10(5)15-18-12)13(17)14-9(4)8(3)6-16/h7-9,16H,6H2,1-5H3,(H,14,17). The van der Waals surface area contributed by atoms with Crippen LogP contribution in [-0.2, 0) is 0 Å². The predicted octanol–water partition coefficient (Wildman–Crippen LogP) is 1.85. The van der Waals surface area contributed by atoms with Crippen LogP contribution < -0.4 is 5.32 Å². The van der Waals surface area contributed by atoms with E-state index in [4.69, 9.17) is 9.63 Å². The van der Waals surface area contributed by atoms with Gasteiger partial charge in [0.25, 0.3) is 5.91 Å². The van der Waals surface area contributed by atoms with Gasteiger partial charge in [-0.2, -0.15) is 0 Å². The Balaban J connectivity index is 2.87. The lowest BCUT2D eigenvalue weighted by molar-refractivity contribution is 0.0913. The van der Waals surface area contributed by atoms with Gasteiger partial charge in [0.2, 0.25) is 0 Å². The molecule has 102 valence electrons. The number of nitrogens with zero attached hydrogens (tertiary/aromatic N) is 1. The zero-order chi connectivity index (χ0) is 13.9. The summed E-state index contributed by atoms with van der Waals surface area (Å²) < 4.78 is 5.19. The second kappa shape index (κ2) is 6.00. The molecular formula is C13H22N2O3. The van der Waals surface area contributed by atoms with Gasteiger partial charge < -0.3 is 14.9 Å². The first kappa shape index (κ1) is 14.7. The van der Waals surface area contributed by atoms with E-state index in [0.717, 1.165) is 0 Å². The molecular weight excluding hydrogens is 232 g/mol. The summed E-state index contributed by atoms with van der Waals surface area (Å²) in [6.45, 7) is 9.46. The fourth-order valence-corrected chi connectivity index (χ4v) is 1.64. The summed E-state index contributed by atoms with van der Waals surface area (Å²) in [6, 6.07) is -0.100. The van der Waals surface area contributed by atoms with Crippen molar-refractivity contribution < 1.29 is 14.4 Å². The van der Waals surface area contributed by atoms with Gasteiger partial charge in [-0.25, -0.2) is 0 Å². The normalized spacial score (nSPS) is 14.6. The summed E-state index contributed by atoms with van der Waals surface area (Å²) in [5, 5.41) is 15.8. The van der Waals surface area contributed by atoms with E-state index in [2.05, 4.69) is 10.5 Å². The van der Waals surface area contributed by atoms with Gasteiger partial charge in [0.05, 0.1) is 5.69 Å². The highest BCUT2D eigenvalue weighted by Gasteiger charge is 2.24. The van der Waals surface area contributed by atoms with Crippen LogP contribution in [0, 0.1) is 12.8 Å². The zero-order valence-corrected chi connectivity index (χ0v) is 11.7. The molecule has 18 heavy (non-hydrogen) atoms. The summed E-state index contributed by atoms with van der Waals surface area (Å²) in [5.74, 6) is 0.535. The Bertz CT molecular complexity index is 412. The van der Waals surface area contributed by atoms with Gasteiger partial charge >= 0.3 is 0 Å². The average molecular weight is 254 g/mol. The minimum Gasteiger partial charge on any atom is -0.396 e. The Hall–Kier alpha value is -1.36. The Kier molecular flexibility index (Phi) is 4.90. The second-order valence-corrected chi connectivity index (χ2v) is 5.08. The van der Waals surface area contributed by atoms with Crippen LogP contribution >= 0.6 is 0 Å². The van der Waals surface area contributed by atoms with E-state index in [1.165, 1.54) is 0 Å². The van der Waals surface area contributed by atoms with E-state index >= 15 is 0 Å². The molecule has 0 aliphatic rings. The maximum atomic E-state index is 12.2. The van der Waals surface area contributed by atoms with Crippen LogP contribution in [0.4, 0.5) is 0 Å². The van der Waals surface area contributed by atoms with Crippen molar-refractivity contribution in [1.29, 1.82) is 0 Å². The molecule has 1 aromatic heterocycles. The highest BCUT2D eigenvalue weighted by atomic mass is 16.5. The van der Waals surface area contributed by atoms with Crippen molar-refractivity contribution in [2.45, 2.75) is 46.6 Å². The summed E-state index contributed by atoms with van der Waals surface area (Å²) in [5.41, 5.74) is 1.11. The smallest absolute Gasteiger partial charge is 0.257 e. The number of carbonyl (C=O) groups is 1. The lowest BCUT2D eigenvalue weighted by Crippen LogP contribution is -2.38. The number of aryl methyl sites for hydroxylation is 1. The molecule has 1 amide bonds. The number of hydrogen-bond acceptors (Lipinski definition) is 4. The largest absolute Gasteiger partial charge is 0.396 e. The second-order valence-electron chi connectivity index (χ2n) is 5.08. The van der Waals surface area contributed by atoms with Gasteiger partial charge in [-0.15, -0.1) is 0 Å². The van der Waals surface area contributed by atoms with Crippen LogP contribution in [0.1, 0.15) is 55.4 Å². The summed E-state index contributed by atoms with van der Waals surface area (Å²) in [4.78, 5) is 12.2. The van der Waals surface area contributed by atoms with Gasteiger partial charge in [0.15, 0.2) is 5.76 Å². The third-order valence-corrected chi connectivity index (χ3v) is 3.14. The van der Waals surface area contributed by atoms with Crippen molar-refractivity contribution in [2.75, 3.05) is 6.61 Å². The van der Waals surface area contributed by atoms with E-state index < -0.39 is 0 Å². The number of nitrogens with one attached hydrogen (secondary N) is 1. The van der Waals surface area contributed by atoms with Gasteiger partial charge in [0, 0.05) is 18.6 Å². The number of rotatable bonds is 5. The molecule has 0 saturated heterocycles. The number of aliphatic hydroxyl groups is 1. The van der Waals surface area contributed by atoms with Crippen LogP contribution in [0.2, 0.25) is 0 Å². The van der Waals surface area contributed by atoms with Gasteiger partial charge in [0.1, 0.15) is 5.56 Å². The topological polar surface area (TPSA) is 75.4 Å². The average Bonchev–Trinajstić information content (AvgIpc) is 2.69. The summed E-state index contributed by atoms with van der Waals surface area (Å²) >= 11 is 0. The van der Waals surface area contributed by atoms with Crippen molar-refractivity contribution in [1.82, 2.24) is 10.5 Å². The van der Waals surface area contributed by atoms with Crippen LogP contribution in [0.5, 0.6) is 0 Å². The van der Waals surface area contributed by atoms with Gasteiger partial charge in [-0.05, 0) is 19.8 Å². The van der Waals surface area contributed by atoms with Crippen LogP contribution in [0.3, 0.4) is 0 Å². The number of hydrogen-bond donors (Lipinski definition) is 2. The van der Waals surface area contributed by atoms with Gasteiger partial charge in [-0.3, -0.25) is 4.79 Å². The number of amides is 1. The minimum absolute atomic E-state index is 0.0108. The van der Waals surface area contributed by atoms with Crippen molar-refractivity contribution in [3.05, 3.63) is 17.0 Å². The molecule has 0 fully saturated rings. The molecule has 0 bridgehead atoms. The first-order valence-corrected chi connectivity index (χ1v) is 6.26. The molecule has 0 aromatic carbocycles. The summed E-state index contributed by atoms with van der Waals surface area (Å²) in [7, 11) is 0. The zero-order valence-electron chi connectivity index (χ0n) is 11.7. The first-order valence-electron chi connectivity index (χ1n) is 6.26. The van der Waals surface area contributed by atoms with Crippen LogP contribution in [0.25, 0.3) is 0 Å². The molecule has 5 heteroatoms. The van der Waals surface area contributed by atoms with Gasteiger partial charge in [-0.1, -0.05) is 25.9 Å². The third kappa shape index (κ3) is 3.10. The molecule has 2 N–H and O–H groups in total. The fraction of sp³-hybridized carbons (Fsp3) is 0.692. The van der Waals surface area contributed by atoms with Crippen molar-refractivity contribution >= 4 is 5.91 Å². The lowest BCUT2D eigenvalue weighted by Gasteiger charge is -2.19. The van der Waals surface area contributed by atoms with Crippen molar-refractivity contribution in [3.63, 3.8) is 0 Å². The molecule has 1 heterocycles. The maximum absolute atomic E-state index is 12.2. The van der Waals surface area contributed by atoms with Crippen molar-refractivity contribution in [3.8, 4) is 0 Å². The monoisotopic (exact) mass is 254 g/mol. The molecule has 0 aliphatic heterocycles. The Morgan fingerprint density at radius 1 is 1.39 bits per heavy atom. The molecule has 0 spiro atoms. The van der Waals surface area contributed by atoms with E-state index in [9.17, 15) is 4.79 Å². The molecule has 5 nitrogen and oxygen atoms in total. The van der Waals surface area contributed by atoms with E-state index in [0.29, 0.717) is 17.0 Å². The Labute approximate surface area is 108 Å². The van der Waals surface area contributed by atoms with E-state index in [1.807, 2.05) is 27.7 Å². The first-order chi connectivity index (χ1) is 8.38. The lowest BCUT2D eigenvalue weighted by atomic mass is 10.0. The number of aliphatic hydroxyl groups excluding tert-OH is 1. The molecule has 1 rings (SSSR count). The third-order valence-electron chi connectivity index (χ3n) is 3.14. The quantitative estimate of drug-likeness (QED) is 0.841. The molecule has 0 saturated carbocycles. The SMILES string of the molecule is Cc1noc(C(C)C)c1C(=O)NC(C)C(C)CO. The molecule has 0 radical (unpaired) electrons. The molecule has 2 atom stereocenters. The van der Waals surface area contributed by atoms with E-state index in [1.54, 1.807) is 6.92 Å². The highest BCUT2D eigenvalue weighted by molar-refractivity contribution is 5.96. The molecule has 1 aromatic rings. The van der Waals surface area contributed by atoms with Crippen LogP contribution in [-0.4, -0.2) is 28.8 Å². The molecule has 0 aliphatic carbocycles. The van der Waals surface area contributed by atoms with E-state index in [-0.39, 0.29) is 30.4 Å². The minimum atomic E-state index is -0.190. The molecule has 2 unspecified atom stereocenters. The number of aromatic nitrogens is 1. The fourth-order valence-electron chi connectivity index (χ4n) is 1.64. The highest BCUT2D eigenvalue weighted by Crippen LogP contribution is 2.22. The summed E-state index contributed by atoms with van der Waals surface area (Å²) in [6.07, 6.45) is 0. The predicted molar refractivity (Wildman–Crippen MR) is 68.5 cm³/mol. The van der Waals surface area contributed by atoms with Crippen LogP contribution in [0.15, 0.2) is 4.52 Å². The Morgan fingerprint density at radius 3 is 2.50 bits per heavy atom. The maximum Gasteiger partial charge on any atom is 0.257 e. The number of carbonyl (C=O) groups excluding carboxylic acids is 1. The van der Waals surface area contributed by atoms with Crippen molar-refractivity contribution in [2.24, 2.45) is 5.92 Å².